The Morgan fingerprint density at radius 2 is 2.05 bits per heavy atom. The number of nitrogens with one attached hydrogen (secondary N) is 1. The molecule has 1 heterocycles. The zero-order valence-corrected chi connectivity index (χ0v) is 12.8. The van der Waals surface area contributed by atoms with Crippen LogP contribution in [0.1, 0.15) is 19.3 Å². The van der Waals surface area contributed by atoms with Gasteiger partial charge in [0.05, 0.1) is 19.8 Å². The van der Waals surface area contributed by atoms with E-state index in [0.29, 0.717) is 25.8 Å². The van der Waals surface area contributed by atoms with E-state index in [2.05, 4.69) is 10.2 Å². The monoisotopic (exact) mass is 287 g/mol. The van der Waals surface area contributed by atoms with Crippen molar-refractivity contribution in [1.82, 2.24) is 15.1 Å². The number of aliphatic hydroxyl groups excluding tert-OH is 1. The first kappa shape index (κ1) is 17.4. The highest BCUT2D eigenvalue weighted by atomic mass is 16.5. The first-order valence-electron chi connectivity index (χ1n) is 7.48. The van der Waals surface area contributed by atoms with Crippen LogP contribution in [0.4, 0.5) is 0 Å². The van der Waals surface area contributed by atoms with Gasteiger partial charge in [0.25, 0.3) is 0 Å². The quantitative estimate of drug-likeness (QED) is 0.561. The maximum atomic E-state index is 11.6. The molecule has 1 aliphatic rings. The predicted molar refractivity (Wildman–Crippen MR) is 78.7 cm³/mol. The van der Waals surface area contributed by atoms with Gasteiger partial charge in [-0.05, 0) is 25.8 Å². The maximum absolute atomic E-state index is 11.6. The lowest BCUT2D eigenvalue weighted by Crippen LogP contribution is -2.46. The molecule has 0 radical (unpaired) electrons. The fraction of sp³-hybridized carbons (Fsp3) is 0.929. The Bertz CT molecular complexity index is 266. The van der Waals surface area contributed by atoms with Crippen molar-refractivity contribution in [3.05, 3.63) is 0 Å². The van der Waals surface area contributed by atoms with Gasteiger partial charge in [-0.25, -0.2) is 0 Å². The topological polar surface area (TPSA) is 65.0 Å². The Hall–Kier alpha value is -0.690. The van der Waals surface area contributed by atoms with Crippen molar-refractivity contribution in [3.8, 4) is 0 Å². The van der Waals surface area contributed by atoms with E-state index in [-0.39, 0.29) is 12.5 Å². The maximum Gasteiger partial charge on any atom is 0.236 e. The van der Waals surface area contributed by atoms with Crippen molar-refractivity contribution < 1.29 is 14.6 Å². The minimum atomic E-state index is 0.0948. The standard InChI is InChI=1S/C14H29N3O3/c1-16(2)14(19)12-17-7-4-13(5-8-17)15-6-3-10-20-11-9-18/h13,15,18H,3-12H2,1-2H3. The van der Waals surface area contributed by atoms with Crippen LogP contribution in [0.5, 0.6) is 0 Å². The third-order valence-electron chi connectivity index (χ3n) is 3.58. The van der Waals surface area contributed by atoms with E-state index in [0.717, 1.165) is 38.9 Å². The smallest absolute Gasteiger partial charge is 0.236 e. The van der Waals surface area contributed by atoms with Crippen LogP contribution in [0.2, 0.25) is 0 Å². The molecule has 0 saturated carbocycles. The van der Waals surface area contributed by atoms with Crippen molar-refractivity contribution in [2.45, 2.75) is 25.3 Å². The van der Waals surface area contributed by atoms with Gasteiger partial charge < -0.3 is 20.1 Å². The molecule has 1 rings (SSSR count). The minimum Gasteiger partial charge on any atom is -0.394 e. The molecule has 0 atom stereocenters. The van der Waals surface area contributed by atoms with Crippen LogP contribution in [0.15, 0.2) is 0 Å². The third-order valence-corrected chi connectivity index (χ3v) is 3.58. The molecule has 0 aromatic rings. The van der Waals surface area contributed by atoms with Crippen LogP contribution in [-0.4, -0.2) is 87.0 Å². The first-order valence-corrected chi connectivity index (χ1v) is 7.48. The molecule has 118 valence electrons. The summed E-state index contributed by atoms with van der Waals surface area (Å²) in [5.41, 5.74) is 0. The highest BCUT2D eigenvalue weighted by Gasteiger charge is 2.20. The van der Waals surface area contributed by atoms with Crippen molar-refractivity contribution in [1.29, 1.82) is 0 Å². The molecule has 0 unspecified atom stereocenters. The number of rotatable bonds is 9. The molecule has 1 saturated heterocycles. The Kier molecular flexibility index (Phi) is 8.77. The van der Waals surface area contributed by atoms with E-state index in [1.165, 1.54) is 0 Å². The van der Waals surface area contributed by atoms with Crippen LogP contribution in [0.25, 0.3) is 0 Å². The summed E-state index contributed by atoms with van der Waals surface area (Å²) in [7, 11) is 3.60. The van der Waals surface area contributed by atoms with Gasteiger partial charge in [-0.2, -0.15) is 0 Å². The summed E-state index contributed by atoms with van der Waals surface area (Å²) < 4.78 is 5.22. The number of aliphatic hydroxyl groups is 1. The van der Waals surface area contributed by atoms with Crippen LogP contribution < -0.4 is 5.32 Å². The Labute approximate surface area is 122 Å². The Morgan fingerprint density at radius 3 is 2.65 bits per heavy atom. The van der Waals surface area contributed by atoms with Gasteiger partial charge in [-0.1, -0.05) is 0 Å². The number of carbonyl (C=O) groups excluding carboxylic acids is 1. The highest BCUT2D eigenvalue weighted by molar-refractivity contribution is 5.77. The normalized spacial score (nSPS) is 17.4. The summed E-state index contributed by atoms with van der Waals surface area (Å²) in [6.07, 6.45) is 3.16. The number of nitrogens with zero attached hydrogens (tertiary/aromatic N) is 2. The number of carbonyl (C=O) groups is 1. The molecule has 0 aliphatic carbocycles. The average Bonchev–Trinajstić information content (AvgIpc) is 2.44. The average molecular weight is 287 g/mol. The van der Waals surface area contributed by atoms with Gasteiger partial charge in [0.15, 0.2) is 0 Å². The second kappa shape index (κ2) is 10.1. The van der Waals surface area contributed by atoms with E-state index < -0.39 is 0 Å². The van der Waals surface area contributed by atoms with Crippen molar-refractivity contribution in [3.63, 3.8) is 0 Å². The largest absolute Gasteiger partial charge is 0.394 e. The number of likely N-dealkylation sites (tertiary alicyclic amines) is 1. The zero-order chi connectivity index (χ0) is 14.8. The molecule has 1 aliphatic heterocycles. The van der Waals surface area contributed by atoms with Crippen LogP contribution in [0.3, 0.4) is 0 Å². The molecular formula is C14H29N3O3. The number of hydrogen-bond donors (Lipinski definition) is 2. The van der Waals surface area contributed by atoms with E-state index in [1.54, 1.807) is 19.0 Å². The fourth-order valence-electron chi connectivity index (χ4n) is 2.27. The second-order valence-corrected chi connectivity index (χ2v) is 5.48. The SMILES string of the molecule is CN(C)C(=O)CN1CCC(NCCCOCCO)CC1. The van der Waals surface area contributed by atoms with Gasteiger partial charge >= 0.3 is 0 Å². The molecule has 0 aromatic heterocycles. The van der Waals surface area contributed by atoms with Crippen LogP contribution >= 0.6 is 0 Å². The lowest BCUT2D eigenvalue weighted by atomic mass is 10.0. The molecule has 1 fully saturated rings. The number of likely N-dealkylation sites (N-methyl/N-ethyl adjacent to an activating group) is 1. The lowest BCUT2D eigenvalue weighted by molar-refractivity contribution is -0.130. The second-order valence-electron chi connectivity index (χ2n) is 5.48. The summed E-state index contributed by atoms with van der Waals surface area (Å²) in [6, 6.07) is 0.554. The molecule has 2 N–H and O–H groups in total. The molecule has 6 heteroatoms. The summed E-state index contributed by atoms with van der Waals surface area (Å²) in [4.78, 5) is 15.5. The molecule has 20 heavy (non-hydrogen) atoms. The molecule has 0 bridgehead atoms. The van der Waals surface area contributed by atoms with E-state index in [9.17, 15) is 4.79 Å². The van der Waals surface area contributed by atoms with Crippen molar-refractivity contribution in [2.24, 2.45) is 0 Å². The van der Waals surface area contributed by atoms with Crippen LogP contribution in [0, 0.1) is 0 Å². The summed E-state index contributed by atoms with van der Waals surface area (Å²) in [6.45, 7) is 4.68. The number of ether oxygens (including phenoxy) is 1. The van der Waals surface area contributed by atoms with E-state index in [1.807, 2.05) is 0 Å². The van der Waals surface area contributed by atoms with Gasteiger partial charge in [0, 0.05) is 39.8 Å². The van der Waals surface area contributed by atoms with Gasteiger partial charge in [0.1, 0.15) is 0 Å². The fourth-order valence-corrected chi connectivity index (χ4v) is 2.27. The lowest BCUT2D eigenvalue weighted by Gasteiger charge is -2.32. The zero-order valence-electron chi connectivity index (χ0n) is 12.8. The summed E-state index contributed by atoms with van der Waals surface area (Å²) in [5, 5.41) is 12.1. The first-order chi connectivity index (χ1) is 9.63. The van der Waals surface area contributed by atoms with Gasteiger partial charge in [-0.15, -0.1) is 0 Å². The molecule has 0 aromatic carbocycles. The Morgan fingerprint density at radius 1 is 1.35 bits per heavy atom. The van der Waals surface area contributed by atoms with Crippen LogP contribution in [-0.2, 0) is 9.53 Å². The Balaban J connectivity index is 2.03. The summed E-state index contributed by atoms with van der Waals surface area (Å²) >= 11 is 0. The molecule has 0 spiro atoms. The summed E-state index contributed by atoms with van der Waals surface area (Å²) in [5.74, 6) is 0.178. The highest BCUT2D eigenvalue weighted by Crippen LogP contribution is 2.10. The van der Waals surface area contributed by atoms with Crippen molar-refractivity contribution >= 4 is 5.91 Å². The molecule has 6 nitrogen and oxygen atoms in total. The van der Waals surface area contributed by atoms with Gasteiger partial charge in [-0.3, -0.25) is 9.69 Å². The van der Waals surface area contributed by atoms with Crippen molar-refractivity contribution in [2.75, 3.05) is 60.1 Å². The molecule has 1 amide bonds. The van der Waals surface area contributed by atoms with E-state index in [4.69, 9.17) is 9.84 Å². The number of piperidine rings is 1. The minimum absolute atomic E-state index is 0.0948. The molecular weight excluding hydrogens is 258 g/mol. The van der Waals surface area contributed by atoms with Gasteiger partial charge in [0.2, 0.25) is 5.91 Å². The third kappa shape index (κ3) is 7.19. The predicted octanol–water partition coefficient (Wildman–Crippen LogP) is -0.472. The number of hydrogen-bond acceptors (Lipinski definition) is 5. The number of amides is 1. The van der Waals surface area contributed by atoms with E-state index >= 15 is 0 Å².